The Bertz CT molecular complexity index is 474. The van der Waals surface area contributed by atoms with Crippen molar-refractivity contribution >= 4 is 17.5 Å². The van der Waals surface area contributed by atoms with Gasteiger partial charge in [0.2, 0.25) is 0 Å². The first-order valence-corrected chi connectivity index (χ1v) is 6.40. The highest BCUT2D eigenvalue weighted by Gasteiger charge is 2.42. The standard InChI is InChI=1S/C13H17ClN2O2/c1-8-10(5-6-11(14)15-8)12(18)16-13(2,7-17)9-3-4-9/h5-6,9,17H,3-4,7H2,1-2H3,(H,16,18). The van der Waals surface area contributed by atoms with Crippen LogP contribution >= 0.6 is 11.6 Å². The molecule has 1 aromatic rings. The number of nitrogens with zero attached hydrogens (tertiary/aromatic N) is 1. The second-order valence-electron chi connectivity index (χ2n) is 5.07. The Morgan fingerprint density at radius 1 is 1.61 bits per heavy atom. The van der Waals surface area contributed by atoms with E-state index in [1.54, 1.807) is 19.1 Å². The molecule has 5 heteroatoms. The Balaban J connectivity index is 2.16. The van der Waals surface area contributed by atoms with Crippen molar-refractivity contribution < 1.29 is 9.90 Å². The van der Waals surface area contributed by atoms with E-state index in [9.17, 15) is 9.90 Å². The highest BCUT2D eigenvalue weighted by atomic mass is 35.5. The summed E-state index contributed by atoms with van der Waals surface area (Å²) in [6, 6.07) is 3.25. The van der Waals surface area contributed by atoms with Crippen LogP contribution in [0.3, 0.4) is 0 Å². The summed E-state index contributed by atoms with van der Waals surface area (Å²) in [5, 5.41) is 12.7. The molecular formula is C13H17ClN2O2. The minimum absolute atomic E-state index is 0.0521. The van der Waals surface area contributed by atoms with Crippen LogP contribution in [-0.4, -0.2) is 28.1 Å². The molecule has 2 rings (SSSR count). The first-order valence-electron chi connectivity index (χ1n) is 6.03. The third-order valence-corrected chi connectivity index (χ3v) is 3.71. The number of amides is 1. The van der Waals surface area contributed by atoms with Gasteiger partial charge in [-0.1, -0.05) is 11.6 Å². The van der Waals surface area contributed by atoms with Gasteiger partial charge >= 0.3 is 0 Å². The lowest BCUT2D eigenvalue weighted by Gasteiger charge is -2.29. The van der Waals surface area contributed by atoms with Gasteiger partial charge in [-0.25, -0.2) is 4.98 Å². The summed E-state index contributed by atoms with van der Waals surface area (Å²) in [5.74, 6) is 0.159. The van der Waals surface area contributed by atoms with Gasteiger partial charge < -0.3 is 10.4 Å². The van der Waals surface area contributed by atoms with Crippen LogP contribution in [0.4, 0.5) is 0 Å². The second-order valence-corrected chi connectivity index (χ2v) is 5.46. The van der Waals surface area contributed by atoms with E-state index < -0.39 is 5.54 Å². The van der Waals surface area contributed by atoms with Gasteiger partial charge in [-0.3, -0.25) is 4.79 Å². The fourth-order valence-electron chi connectivity index (χ4n) is 2.09. The van der Waals surface area contributed by atoms with Crippen LogP contribution in [0.25, 0.3) is 0 Å². The largest absolute Gasteiger partial charge is 0.394 e. The number of nitrogens with one attached hydrogen (secondary N) is 1. The lowest BCUT2D eigenvalue weighted by Crippen LogP contribution is -2.50. The molecule has 2 N–H and O–H groups in total. The van der Waals surface area contributed by atoms with E-state index in [2.05, 4.69) is 10.3 Å². The molecule has 4 nitrogen and oxygen atoms in total. The highest BCUT2D eigenvalue weighted by molar-refractivity contribution is 6.29. The number of aryl methyl sites for hydroxylation is 1. The molecule has 0 bridgehead atoms. The lowest BCUT2D eigenvalue weighted by molar-refractivity contribution is 0.0823. The van der Waals surface area contributed by atoms with Crippen LogP contribution in [-0.2, 0) is 0 Å². The SMILES string of the molecule is Cc1nc(Cl)ccc1C(=O)NC(C)(CO)C1CC1. The summed E-state index contributed by atoms with van der Waals surface area (Å²) in [4.78, 5) is 16.2. The topological polar surface area (TPSA) is 62.2 Å². The van der Waals surface area contributed by atoms with Crippen molar-refractivity contribution in [1.82, 2.24) is 10.3 Å². The van der Waals surface area contributed by atoms with Gasteiger partial charge in [0.1, 0.15) is 5.15 Å². The summed E-state index contributed by atoms with van der Waals surface area (Å²) in [5.41, 5.74) is 0.555. The van der Waals surface area contributed by atoms with Crippen molar-refractivity contribution in [3.8, 4) is 0 Å². The van der Waals surface area contributed by atoms with Gasteiger partial charge in [0.05, 0.1) is 23.4 Å². The zero-order valence-electron chi connectivity index (χ0n) is 10.5. The Kier molecular flexibility index (Phi) is 3.59. The molecule has 1 aliphatic rings. The number of rotatable bonds is 4. The highest BCUT2D eigenvalue weighted by Crippen LogP contribution is 2.39. The number of hydrogen-bond donors (Lipinski definition) is 2. The van der Waals surface area contributed by atoms with Crippen LogP contribution < -0.4 is 5.32 Å². The summed E-state index contributed by atoms with van der Waals surface area (Å²) >= 11 is 5.76. The van der Waals surface area contributed by atoms with Crippen LogP contribution in [0.1, 0.15) is 35.8 Å². The van der Waals surface area contributed by atoms with Crippen molar-refractivity contribution in [2.45, 2.75) is 32.2 Å². The fourth-order valence-corrected chi connectivity index (χ4v) is 2.28. The van der Waals surface area contributed by atoms with E-state index in [4.69, 9.17) is 11.6 Å². The zero-order valence-corrected chi connectivity index (χ0v) is 11.3. The normalized spacial score (nSPS) is 18.2. The van der Waals surface area contributed by atoms with Crippen LogP contribution in [0.5, 0.6) is 0 Å². The van der Waals surface area contributed by atoms with Gasteiger partial charge in [0.15, 0.2) is 0 Å². The van der Waals surface area contributed by atoms with Gasteiger partial charge in [-0.05, 0) is 44.7 Å². The van der Waals surface area contributed by atoms with E-state index in [1.165, 1.54) is 0 Å². The Morgan fingerprint density at radius 3 is 2.78 bits per heavy atom. The van der Waals surface area contributed by atoms with E-state index in [0.717, 1.165) is 12.8 Å². The fraction of sp³-hybridized carbons (Fsp3) is 0.538. The number of carbonyl (C=O) groups is 1. The van der Waals surface area contributed by atoms with E-state index in [0.29, 0.717) is 22.3 Å². The molecule has 0 saturated heterocycles. The number of carbonyl (C=O) groups excluding carboxylic acids is 1. The number of aromatic nitrogens is 1. The molecule has 1 aromatic heterocycles. The van der Waals surface area contributed by atoms with E-state index in [1.807, 2.05) is 6.92 Å². The van der Waals surface area contributed by atoms with Crippen LogP contribution in [0, 0.1) is 12.8 Å². The molecule has 1 aliphatic carbocycles. The molecule has 1 fully saturated rings. The molecular weight excluding hydrogens is 252 g/mol. The second kappa shape index (κ2) is 4.86. The molecule has 0 aromatic carbocycles. The average molecular weight is 269 g/mol. The number of halogens is 1. The summed E-state index contributed by atoms with van der Waals surface area (Å²) < 4.78 is 0. The molecule has 18 heavy (non-hydrogen) atoms. The smallest absolute Gasteiger partial charge is 0.253 e. The molecule has 0 spiro atoms. The van der Waals surface area contributed by atoms with Gasteiger partial charge in [-0.15, -0.1) is 0 Å². The minimum Gasteiger partial charge on any atom is -0.394 e. The minimum atomic E-state index is -0.539. The quantitative estimate of drug-likeness (QED) is 0.821. The van der Waals surface area contributed by atoms with Crippen LogP contribution in [0.2, 0.25) is 5.15 Å². The van der Waals surface area contributed by atoms with Crippen molar-refractivity contribution in [3.63, 3.8) is 0 Å². The van der Waals surface area contributed by atoms with Gasteiger partial charge in [-0.2, -0.15) is 0 Å². The third-order valence-electron chi connectivity index (χ3n) is 3.50. The maximum atomic E-state index is 12.2. The van der Waals surface area contributed by atoms with Crippen molar-refractivity contribution in [2.24, 2.45) is 5.92 Å². The molecule has 0 aliphatic heterocycles. The number of aliphatic hydroxyl groups excluding tert-OH is 1. The average Bonchev–Trinajstić information content (AvgIpc) is 3.12. The monoisotopic (exact) mass is 268 g/mol. The number of pyridine rings is 1. The Labute approximate surface area is 111 Å². The summed E-state index contributed by atoms with van der Waals surface area (Å²) in [6.07, 6.45) is 2.10. The maximum Gasteiger partial charge on any atom is 0.253 e. The molecule has 0 radical (unpaired) electrons. The first-order chi connectivity index (χ1) is 8.46. The first kappa shape index (κ1) is 13.3. The predicted octanol–water partition coefficient (Wildman–Crippen LogP) is 1.93. The van der Waals surface area contributed by atoms with Crippen molar-refractivity contribution in [3.05, 3.63) is 28.5 Å². The summed E-state index contributed by atoms with van der Waals surface area (Å²) in [6.45, 7) is 3.57. The molecule has 98 valence electrons. The molecule has 1 amide bonds. The lowest BCUT2D eigenvalue weighted by atomic mass is 9.96. The molecule has 1 heterocycles. The maximum absolute atomic E-state index is 12.2. The Hall–Kier alpha value is -1.13. The summed E-state index contributed by atoms with van der Waals surface area (Å²) in [7, 11) is 0. The van der Waals surface area contributed by atoms with E-state index >= 15 is 0 Å². The molecule has 1 saturated carbocycles. The van der Waals surface area contributed by atoms with Crippen molar-refractivity contribution in [2.75, 3.05) is 6.61 Å². The molecule has 1 unspecified atom stereocenters. The van der Waals surface area contributed by atoms with Crippen LogP contribution in [0.15, 0.2) is 12.1 Å². The predicted molar refractivity (Wildman–Crippen MR) is 69.7 cm³/mol. The third kappa shape index (κ3) is 2.65. The van der Waals surface area contributed by atoms with E-state index in [-0.39, 0.29) is 12.5 Å². The van der Waals surface area contributed by atoms with Crippen molar-refractivity contribution in [1.29, 1.82) is 0 Å². The van der Waals surface area contributed by atoms with Gasteiger partial charge in [0.25, 0.3) is 5.91 Å². The van der Waals surface area contributed by atoms with Gasteiger partial charge in [0, 0.05) is 0 Å². The Morgan fingerprint density at radius 2 is 2.28 bits per heavy atom. The number of aliphatic hydroxyl groups is 1. The zero-order chi connectivity index (χ0) is 13.3. The molecule has 1 atom stereocenters. The number of hydrogen-bond acceptors (Lipinski definition) is 3.